The summed E-state index contributed by atoms with van der Waals surface area (Å²) in [6, 6.07) is 2.22. The van der Waals surface area contributed by atoms with E-state index in [9.17, 15) is 0 Å². The largest absolute Gasteiger partial charge is 0.299 e. The van der Waals surface area contributed by atoms with Crippen LogP contribution in [-0.2, 0) is 13.6 Å². The van der Waals surface area contributed by atoms with Crippen LogP contribution < -0.4 is 0 Å². The Morgan fingerprint density at radius 3 is 2.69 bits per heavy atom. The first kappa shape index (κ1) is 13.0. The minimum Gasteiger partial charge on any atom is -0.299 e. The normalized spacial score (nSPS) is 12.8. The van der Waals surface area contributed by atoms with Gasteiger partial charge in [0.2, 0.25) is 0 Å². The molecule has 0 fully saturated rings. The molecule has 0 aromatic carbocycles. The molecule has 0 bridgehead atoms. The van der Waals surface area contributed by atoms with E-state index < -0.39 is 0 Å². The molecule has 88 valence electrons. The molecular weight excluding hydrogens is 224 g/mol. The smallest absolute Gasteiger partial charge is 0.0860 e. The molecule has 1 heterocycles. The van der Waals surface area contributed by atoms with Crippen molar-refractivity contribution < 1.29 is 0 Å². The lowest BCUT2D eigenvalue weighted by atomic mass is 10.2. The fourth-order valence-electron chi connectivity index (χ4n) is 1.68. The summed E-state index contributed by atoms with van der Waals surface area (Å²) in [5.41, 5.74) is 1.84. The number of nitrogens with zero attached hydrogens (tertiary/aromatic N) is 4. The lowest BCUT2D eigenvalue weighted by Crippen LogP contribution is -2.24. The van der Waals surface area contributed by atoms with Crippen molar-refractivity contribution in [1.29, 1.82) is 5.26 Å². The van der Waals surface area contributed by atoms with Gasteiger partial charge < -0.3 is 0 Å². The van der Waals surface area contributed by atoms with Gasteiger partial charge >= 0.3 is 0 Å². The minimum atomic E-state index is 0.0260. The van der Waals surface area contributed by atoms with Crippen LogP contribution in [0.2, 0.25) is 5.02 Å². The first-order valence-corrected chi connectivity index (χ1v) is 5.59. The van der Waals surface area contributed by atoms with Crippen LogP contribution in [0.3, 0.4) is 0 Å². The van der Waals surface area contributed by atoms with Crippen LogP contribution in [0.25, 0.3) is 0 Å². The van der Waals surface area contributed by atoms with Gasteiger partial charge in [0, 0.05) is 20.1 Å². The summed E-state index contributed by atoms with van der Waals surface area (Å²) < 4.78 is 1.80. The molecule has 1 unspecified atom stereocenters. The summed E-state index contributed by atoms with van der Waals surface area (Å²) in [5.74, 6) is 0.0260. The molecule has 0 spiro atoms. The first-order valence-electron chi connectivity index (χ1n) is 5.21. The molecule has 16 heavy (non-hydrogen) atoms. The van der Waals surface area contributed by atoms with Crippen LogP contribution >= 0.6 is 11.6 Å². The number of nitriles is 1. The van der Waals surface area contributed by atoms with Crippen molar-refractivity contribution in [2.45, 2.75) is 20.4 Å². The van der Waals surface area contributed by atoms with Gasteiger partial charge in [-0.25, -0.2) is 0 Å². The number of halogens is 1. The highest BCUT2D eigenvalue weighted by Gasteiger charge is 2.14. The molecule has 0 saturated heterocycles. The average molecular weight is 241 g/mol. The van der Waals surface area contributed by atoms with E-state index in [1.165, 1.54) is 0 Å². The summed E-state index contributed by atoms with van der Waals surface area (Å²) in [5, 5.41) is 13.7. The van der Waals surface area contributed by atoms with E-state index in [1.54, 1.807) is 4.68 Å². The topological polar surface area (TPSA) is 44.9 Å². The maximum Gasteiger partial charge on any atom is 0.0860 e. The SMILES string of the molecule is Cc1nn(C)c(CN(C)CC(C)C#N)c1Cl. The molecule has 1 atom stereocenters. The Morgan fingerprint density at radius 2 is 2.25 bits per heavy atom. The average Bonchev–Trinajstić information content (AvgIpc) is 2.45. The quantitative estimate of drug-likeness (QED) is 0.809. The number of aromatic nitrogens is 2. The molecular formula is C11H17ClN4. The highest BCUT2D eigenvalue weighted by Crippen LogP contribution is 2.20. The van der Waals surface area contributed by atoms with Crippen LogP contribution in [0.1, 0.15) is 18.3 Å². The van der Waals surface area contributed by atoms with E-state index in [4.69, 9.17) is 16.9 Å². The van der Waals surface area contributed by atoms with Gasteiger partial charge in [-0.05, 0) is 20.9 Å². The van der Waals surface area contributed by atoms with E-state index in [0.717, 1.165) is 23.0 Å². The zero-order valence-corrected chi connectivity index (χ0v) is 10.9. The first-order chi connectivity index (χ1) is 7.45. The zero-order valence-electron chi connectivity index (χ0n) is 10.2. The Kier molecular flexibility index (Phi) is 4.34. The summed E-state index contributed by atoms with van der Waals surface area (Å²) in [7, 11) is 3.86. The molecule has 1 aromatic rings. The number of hydrogen-bond acceptors (Lipinski definition) is 3. The third-order valence-electron chi connectivity index (χ3n) is 2.49. The Morgan fingerprint density at radius 1 is 1.62 bits per heavy atom. The summed E-state index contributed by atoms with van der Waals surface area (Å²) in [6.07, 6.45) is 0. The van der Waals surface area contributed by atoms with Gasteiger partial charge in [0.15, 0.2) is 0 Å². The van der Waals surface area contributed by atoms with Crippen LogP contribution in [-0.4, -0.2) is 28.3 Å². The Hall–Kier alpha value is -1.05. The Labute approximate surface area is 101 Å². The molecule has 0 amide bonds. The van der Waals surface area contributed by atoms with Gasteiger partial charge in [-0.3, -0.25) is 9.58 Å². The second-order valence-corrected chi connectivity index (χ2v) is 4.57. The van der Waals surface area contributed by atoms with Crippen LogP contribution in [0.5, 0.6) is 0 Å². The fraction of sp³-hybridized carbons (Fsp3) is 0.636. The van der Waals surface area contributed by atoms with Crippen LogP contribution in [0.4, 0.5) is 0 Å². The predicted octanol–water partition coefficient (Wildman–Crippen LogP) is 1.97. The van der Waals surface area contributed by atoms with Crippen molar-refractivity contribution in [1.82, 2.24) is 14.7 Å². The summed E-state index contributed by atoms with van der Waals surface area (Å²) >= 11 is 6.15. The van der Waals surface area contributed by atoms with Crippen molar-refractivity contribution >= 4 is 11.6 Å². The Balaban J connectivity index is 2.70. The van der Waals surface area contributed by atoms with Gasteiger partial charge in [0.25, 0.3) is 0 Å². The van der Waals surface area contributed by atoms with Crippen molar-refractivity contribution in [3.63, 3.8) is 0 Å². The third kappa shape index (κ3) is 2.97. The molecule has 0 aliphatic rings. The predicted molar refractivity (Wildman–Crippen MR) is 64.1 cm³/mol. The Bertz CT molecular complexity index is 405. The molecule has 1 aromatic heterocycles. The molecule has 0 radical (unpaired) electrons. The minimum absolute atomic E-state index is 0.0260. The molecule has 1 rings (SSSR count). The van der Waals surface area contributed by atoms with Crippen molar-refractivity contribution in [3.8, 4) is 6.07 Å². The molecule has 0 N–H and O–H groups in total. The molecule has 4 nitrogen and oxygen atoms in total. The number of hydrogen-bond donors (Lipinski definition) is 0. The highest BCUT2D eigenvalue weighted by atomic mass is 35.5. The lowest BCUT2D eigenvalue weighted by Gasteiger charge is -2.17. The third-order valence-corrected chi connectivity index (χ3v) is 2.98. The standard InChI is InChI=1S/C11H17ClN4/c1-8(5-13)6-15(3)7-10-11(12)9(2)14-16(10)4/h8H,6-7H2,1-4H3. The van der Waals surface area contributed by atoms with Crippen molar-refractivity contribution in [2.24, 2.45) is 13.0 Å². The number of aryl methyl sites for hydroxylation is 2. The summed E-state index contributed by atoms with van der Waals surface area (Å²) in [6.45, 7) is 5.25. The van der Waals surface area contributed by atoms with Crippen LogP contribution in [0.15, 0.2) is 0 Å². The van der Waals surface area contributed by atoms with Crippen molar-refractivity contribution in [3.05, 3.63) is 16.4 Å². The van der Waals surface area contributed by atoms with E-state index in [2.05, 4.69) is 16.1 Å². The fourth-order valence-corrected chi connectivity index (χ4v) is 1.90. The molecule has 5 heteroatoms. The second kappa shape index (κ2) is 5.33. The molecule has 0 aliphatic heterocycles. The maximum atomic E-state index is 8.74. The van der Waals surface area contributed by atoms with Gasteiger partial charge in [0.05, 0.1) is 28.4 Å². The van der Waals surface area contributed by atoms with Gasteiger partial charge in [0.1, 0.15) is 0 Å². The van der Waals surface area contributed by atoms with Crippen LogP contribution in [0, 0.1) is 24.2 Å². The summed E-state index contributed by atoms with van der Waals surface area (Å²) in [4.78, 5) is 2.08. The highest BCUT2D eigenvalue weighted by molar-refractivity contribution is 6.31. The molecule has 0 aliphatic carbocycles. The number of rotatable bonds is 4. The van der Waals surface area contributed by atoms with Crippen molar-refractivity contribution in [2.75, 3.05) is 13.6 Å². The van der Waals surface area contributed by atoms with E-state index >= 15 is 0 Å². The van der Waals surface area contributed by atoms with E-state index in [1.807, 2.05) is 27.9 Å². The van der Waals surface area contributed by atoms with E-state index in [-0.39, 0.29) is 5.92 Å². The second-order valence-electron chi connectivity index (χ2n) is 4.20. The van der Waals surface area contributed by atoms with Gasteiger partial charge in [-0.1, -0.05) is 11.6 Å². The monoisotopic (exact) mass is 240 g/mol. The van der Waals surface area contributed by atoms with Gasteiger partial charge in [-0.2, -0.15) is 10.4 Å². The zero-order chi connectivity index (χ0) is 12.3. The van der Waals surface area contributed by atoms with E-state index in [0.29, 0.717) is 6.54 Å². The lowest BCUT2D eigenvalue weighted by molar-refractivity contribution is 0.295. The van der Waals surface area contributed by atoms with Gasteiger partial charge in [-0.15, -0.1) is 0 Å². The molecule has 0 saturated carbocycles. The maximum absolute atomic E-state index is 8.74.